The van der Waals surface area contributed by atoms with Crippen molar-refractivity contribution in [3.8, 4) is 0 Å². The van der Waals surface area contributed by atoms with E-state index in [-0.39, 0.29) is 18.0 Å². The third-order valence-corrected chi connectivity index (χ3v) is 4.03. The Morgan fingerprint density at radius 3 is 1.92 bits per heavy atom. The highest BCUT2D eigenvalue weighted by Gasteiger charge is 2.22. The summed E-state index contributed by atoms with van der Waals surface area (Å²) >= 11 is 0. The molecule has 0 aliphatic rings. The maximum atomic E-state index is 12.3. The molecule has 1 rings (SSSR count). The molecule has 0 aliphatic heterocycles. The van der Waals surface area contributed by atoms with Crippen LogP contribution >= 0.6 is 0 Å². The van der Waals surface area contributed by atoms with E-state index >= 15 is 0 Å². The number of amides is 3. The molecule has 0 bridgehead atoms. The van der Waals surface area contributed by atoms with E-state index in [9.17, 15) is 9.59 Å². The Hall–Kier alpha value is -2.04. The lowest BCUT2D eigenvalue weighted by molar-refractivity contribution is -0.116. The first kappa shape index (κ1) is 21.0. The highest BCUT2D eigenvalue weighted by molar-refractivity contribution is 5.93. The molecule has 0 aliphatic carbocycles. The predicted molar refractivity (Wildman–Crippen MR) is 104 cm³/mol. The monoisotopic (exact) mass is 347 g/mol. The van der Waals surface area contributed by atoms with Crippen molar-refractivity contribution in [3.63, 3.8) is 0 Å². The average molecular weight is 348 g/mol. The van der Waals surface area contributed by atoms with Gasteiger partial charge in [-0.1, -0.05) is 45.9 Å². The lowest BCUT2D eigenvalue weighted by atomic mass is 9.92. The first-order chi connectivity index (χ1) is 11.6. The molecule has 0 aromatic heterocycles. The number of hydrogen-bond acceptors (Lipinski definition) is 2. The van der Waals surface area contributed by atoms with Crippen LogP contribution in [0.15, 0.2) is 18.2 Å². The Morgan fingerprint density at radius 2 is 1.52 bits per heavy atom. The molecular weight excluding hydrogens is 314 g/mol. The third-order valence-electron chi connectivity index (χ3n) is 4.03. The summed E-state index contributed by atoms with van der Waals surface area (Å²) in [5.41, 5.74) is 3.31. The zero-order valence-corrected chi connectivity index (χ0v) is 16.6. The second-order valence-electron chi connectivity index (χ2n) is 7.32. The van der Waals surface area contributed by atoms with E-state index in [1.807, 2.05) is 13.8 Å². The van der Waals surface area contributed by atoms with Gasteiger partial charge in [-0.25, -0.2) is 4.79 Å². The summed E-state index contributed by atoms with van der Waals surface area (Å²) in [7, 11) is 0. The fourth-order valence-corrected chi connectivity index (χ4v) is 2.84. The van der Waals surface area contributed by atoms with E-state index < -0.39 is 0 Å². The van der Waals surface area contributed by atoms with E-state index in [0.29, 0.717) is 24.9 Å². The first-order valence-corrected chi connectivity index (χ1v) is 9.10. The Balaban J connectivity index is 3.06. The topological polar surface area (TPSA) is 61.4 Å². The molecule has 2 N–H and O–H groups in total. The lowest BCUT2D eigenvalue weighted by Gasteiger charge is -2.29. The SMILES string of the molecule is CC(=O)N(CCNC(=O)NC(C)C)c1c(C(C)C)cccc1C(C)C. The summed E-state index contributed by atoms with van der Waals surface area (Å²) in [5, 5.41) is 5.61. The van der Waals surface area contributed by atoms with Crippen molar-refractivity contribution in [2.75, 3.05) is 18.0 Å². The number of carbonyl (C=O) groups excluding carboxylic acids is 2. The van der Waals surface area contributed by atoms with Crippen molar-refractivity contribution >= 4 is 17.6 Å². The molecule has 1 aromatic carbocycles. The van der Waals surface area contributed by atoms with Gasteiger partial charge in [0.25, 0.3) is 0 Å². The fraction of sp³-hybridized carbons (Fsp3) is 0.600. The predicted octanol–water partition coefficient (Wildman–Crippen LogP) is 3.99. The van der Waals surface area contributed by atoms with Crippen molar-refractivity contribution in [1.82, 2.24) is 10.6 Å². The molecule has 5 heteroatoms. The highest BCUT2D eigenvalue weighted by atomic mass is 16.2. The second kappa shape index (κ2) is 9.44. The largest absolute Gasteiger partial charge is 0.336 e. The molecule has 140 valence electrons. The maximum Gasteiger partial charge on any atom is 0.315 e. The van der Waals surface area contributed by atoms with Gasteiger partial charge in [-0.15, -0.1) is 0 Å². The lowest BCUT2D eigenvalue weighted by Crippen LogP contribution is -2.44. The molecular formula is C20H33N3O2. The molecule has 25 heavy (non-hydrogen) atoms. The van der Waals surface area contributed by atoms with E-state index in [1.165, 1.54) is 0 Å². The molecule has 0 spiro atoms. The summed E-state index contributed by atoms with van der Waals surface area (Å²) in [4.78, 5) is 25.9. The number of benzene rings is 1. The molecule has 1 aromatic rings. The van der Waals surface area contributed by atoms with E-state index in [4.69, 9.17) is 0 Å². The minimum atomic E-state index is -0.209. The summed E-state index contributed by atoms with van der Waals surface area (Å²) in [6, 6.07) is 6.10. The van der Waals surface area contributed by atoms with Crippen LogP contribution in [-0.4, -0.2) is 31.1 Å². The van der Waals surface area contributed by atoms with Crippen LogP contribution in [0.5, 0.6) is 0 Å². The van der Waals surface area contributed by atoms with Crippen LogP contribution in [0.25, 0.3) is 0 Å². The Bertz CT molecular complexity index is 568. The molecule has 0 saturated carbocycles. The minimum Gasteiger partial charge on any atom is -0.336 e. The standard InChI is InChI=1S/C20H33N3O2/c1-13(2)17-9-8-10-18(14(3)4)19(17)23(16(7)24)12-11-21-20(25)22-15(5)6/h8-10,13-15H,11-12H2,1-7H3,(H2,21,22,25). The van der Waals surface area contributed by atoms with E-state index in [0.717, 1.165) is 16.8 Å². The van der Waals surface area contributed by atoms with E-state index in [2.05, 4.69) is 56.5 Å². The Morgan fingerprint density at radius 1 is 1.00 bits per heavy atom. The van der Waals surface area contributed by atoms with Crippen LogP contribution in [0.3, 0.4) is 0 Å². The van der Waals surface area contributed by atoms with Crippen molar-refractivity contribution in [1.29, 1.82) is 0 Å². The van der Waals surface area contributed by atoms with Gasteiger partial charge < -0.3 is 15.5 Å². The average Bonchev–Trinajstić information content (AvgIpc) is 2.49. The third kappa shape index (κ3) is 6.07. The van der Waals surface area contributed by atoms with Crippen LogP contribution in [0, 0.1) is 0 Å². The number of rotatable bonds is 7. The first-order valence-electron chi connectivity index (χ1n) is 9.10. The van der Waals surface area contributed by atoms with Gasteiger partial charge in [0.05, 0.1) is 5.69 Å². The minimum absolute atomic E-state index is 0.0129. The number of para-hydroxylation sites is 1. The fourth-order valence-electron chi connectivity index (χ4n) is 2.84. The number of hydrogen-bond donors (Lipinski definition) is 2. The van der Waals surface area contributed by atoms with Gasteiger partial charge in [0.2, 0.25) is 5.91 Å². The van der Waals surface area contributed by atoms with Crippen molar-refractivity contribution in [2.45, 2.75) is 66.3 Å². The van der Waals surface area contributed by atoms with Gasteiger partial charge in [-0.2, -0.15) is 0 Å². The van der Waals surface area contributed by atoms with Crippen LogP contribution in [0.2, 0.25) is 0 Å². The Labute approximate surface area is 152 Å². The van der Waals surface area contributed by atoms with E-state index in [1.54, 1.807) is 11.8 Å². The molecule has 0 unspecified atom stereocenters. The maximum absolute atomic E-state index is 12.3. The number of nitrogens with one attached hydrogen (secondary N) is 2. The number of carbonyl (C=O) groups is 2. The van der Waals surface area contributed by atoms with Gasteiger partial charge in [0.15, 0.2) is 0 Å². The van der Waals surface area contributed by atoms with Crippen molar-refractivity contribution in [2.24, 2.45) is 0 Å². The van der Waals surface area contributed by atoms with Crippen LogP contribution in [0.1, 0.15) is 71.4 Å². The summed E-state index contributed by atoms with van der Waals surface area (Å²) in [6.45, 7) is 14.8. The molecule has 3 amide bonds. The van der Waals surface area contributed by atoms with Crippen LogP contribution in [-0.2, 0) is 4.79 Å². The molecule has 0 heterocycles. The highest BCUT2D eigenvalue weighted by Crippen LogP contribution is 2.35. The number of nitrogens with zero attached hydrogens (tertiary/aromatic N) is 1. The summed E-state index contributed by atoms with van der Waals surface area (Å²) in [6.07, 6.45) is 0. The van der Waals surface area contributed by atoms with Crippen molar-refractivity contribution in [3.05, 3.63) is 29.3 Å². The summed E-state index contributed by atoms with van der Waals surface area (Å²) in [5.74, 6) is 0.613. The second-order valence-corrected chi connectivity index (χ2v) is 7.32. The van der Waals surface area contributed by atoms with Gasteiger partial charge in [0, 0.05) is 26.1 Å². The quantitative estimate of drug-likeness (QED) is 0.783. The van der Waals surface area contributed by atoms with Crippen LogP contribution in [0.4, 0.5) is 10.5 Å². The molecule has 0 atom stereocenters. The number of urea groups is 1. The molecule has 0 radical (unpaired) electrons. The molecule has 5 nitrogen and oxygen atoms in total. The van der Waals surface area contributed by atoms with Gasteiger partial charge in [-0.3, -0.25) is 4.79 Å². The van der Waals surface area contributed by atoms with Crippen LogP contribution < -0.4 is 15.5 Å². The zero-order valence-electron chi connectivity index (χ0n) is 16.6. The summed E-state index contributed by atoms with van der Waals surface area (Å²) < 4.78 is 0. The normalized spacial score (nSPS) is 11.1. The molecule has 0 fully saturated rings. The Kier molecular flexibility index (Phi) is 7.94. The zero-order chi connectivity index (χ0) is 19.1. The van der Waals surface area contributed by atoms with Gasteiger partial charge >= 0.3 is 6.03 Å². The number of anilines is 1. The van der Waals surface area contributed by atoms with Gasteiger partial charge in [0.1, 0.15) is 0 Å². The van der Waals surface area contributed by atoms with Gasteiger partial charge in [-0.05, 0) is 36.8 Å². The molecule has 0 saturated heterocycles. The van der Waals surface area contributed by atoms with Crippen molar-refractivity contribution < 1.29 is 9.59 Å². The smallest absolute Gasteiger partial charge is 0.315 e.